The van der Waals surface area contributed by atoms with Gasteiger partial charge in [0.1, 0.15) is 5.76 Å². The van der Waals surface area contributed by atoms with E-state index in [9.17, 15) is 4.79 Å². The van der Waals surface area contributed by atoms with Gasteiger partial charge in [-0.2, -0.15) is 0 Å². The number of nitrogens with one attached hydrogen (secondary N) is 2. The average molecular weight is 377 g/mol. The third kappa shape index (κ3) is 4.42. The lowest BCUT2D eigenvalue weighted by atomic mass is 10.0. The second-order valence-corrected chi connectivity index (χ2v) is 7.29. The van der Waals surface area contributed by atoms with Crippen molar-refractivity contribution in [3.8, 4) is 0 Å². The number of amides is 1. The van der Waals surface area contributed by atoms with Crippen molar-refractivity contribution in [1.29, 1.82) is 0 Å². The summed E-state index contributed by atoms with van der Waals surface area (Å²) in [5.41, 5.74) is 1.26. The van der Waals surface area contributed by atoms with Crippen LogP contribution in [0.3, 0.4) is 0 Å². The first-order valence-electron chi connectivity index (χ1n) is 8.72. The molecule has 0 saturated carbocycles. The molecule has 4 aromatic rings. The van der Waals surface area contributed by atoms with E-state index in [0.29, 0.717) is 11.7 Å². The molecule has 1 amide bonds. The maximum atomic E-state index is 12.0. The Labute approximate surface area is 161 Å². The van der Waals surface area contributed by atoms with E-state index in [0.717, 1.165) is 17.1 Å². The van der Waals surface area contributed by atoms with Crippen molar-refractivity contribution >= 4 is 33.1 Å². The number of nitrogens with zero attached hydrogens (tertiary/aromatic N) is 1. The van der Waals surface area contributed by atoms with Gasteiger partial charge >= 0.3 is 0 Å². The number of benzene rings is 2. The fourth-order valence-electron chi connectivity index (χ4n) is 2.96. The number of rotatable bonds is 7. The number of furan rings is 1. The second-order valence-electron chi connectivity index (χ2n) is 6.18. The lowest BCUT2D eigenvalue weighted by Gasteiger charge is -2.05. The summed E-state index contributed by atoms with van der Waals surface area (Å²) >= 11 is 1.51. The fraction of sp³-hybridized carbons (Fsp3) is 0.143. The van der Waals surface area contributed by atoms with Crippen LogP contribution >= 0.6 is 11.3 Å². The molecular weight excluding hydrogens is 358 g/mol. The molecule has 0 unspecified atom stereocenters. The van der Waals surface area contributed by atoms with E-state index in [4.69, 9.17) is 4.42 Å². The molecular formula is C21H19N3O2S. The van der Waals surface area contributed by atoms with Crippen LogP contribution in [0.15, 0.2) is 71.5 Å². The predicted octanol–water partition coefficient (Wildman–Crippen LogP) is 4.21. The first kappa shape index (κ1) is 17.5. The number of aromatic nitrogens is 1. The van der Waals surface area contributed by atoms with Crippen molar-refractivity contribution < 1.29 is 9.21 Å². The number of hydrogen-bond acceptors (Lipinski definition) is 5. The molecule has 0 radical (unpaired) electrons. The Balaban J connectivity index is 1.35. The standard InChI is InChI=1S/C21H19N3O2S/c25-20(14-22-12-17-8-4-10-26-17)24-21-23-13-18(27-21)11-16-7-3-6-15-5-1-2-9-19(15)16/h1-10,13,22H,11-12,14H2,(H,23,24,25). The summed E-state index contributed by atoms with van der Waals surface area (Å²) < 4.78 is 5.22. The first-order valence-corrected chi connectivity index (χ1v) is 9.54. The number of fused-ring (bicyclic) bond motifs is 1. The zero-order valence-electron chi connectivity index (χ0n) is 14.6. The third-order valence-electron chi connectivity index (χ3n) is 4.21. The maximum Gasteiger partial charge on any atom is 0.240 e. The molecule has 27 heavy (non-hydrogen) atoms. The van der Waals surface area contributed by atoms with Crippen LogP contribution in [0.5, 0.6) is 0 Å². The number of anilines is 1. The van der Waals surface area contributed by atoms with Gasteiger partial charge in [-0.3, -0.25) is 4.79 Å². The highest BCUT2D eigenvalue weighted by molar-refractivity contribution is 7.15. The normalized spacial score (nSPS) is 11.0. The van der Waals surface area contributed by atoms with Gasteiger partial charge < -0.3 is 15.1 Å². The van der Waals surface area contributed by atoms with Crippen molar-refractivity contribution in [3.05, 3.63) is 83.3 Å². The predicted molar refractivity (Wildman–Crippen MR) is 108 cm³/mol. The maximum absolute atomic E-state index is 12.0. The van der Waals surface area contributed by atoms with E-state index in [2.05, 4.69) is 52.0 Å². The smallest absolute Gasteiger partial charge is 0.240 e. The molecule has 5 nitrogen and oxygen atoms in total. The van der Waals surface area contributed by atoms with E-state index < -0.39 is 0 Å². The first-order chi connectivity index (χ1) is 13.3. The summed E-state index contributed by atoms with van der Waals surface area (Å²) in [5.74, 6) is 0.682. The van der Waals surface area contributed by atoms with Gasteiger partial charge in [-0.1, -0.05) is 42.5 Å². The summed E-state index contributed by atoms with van der Waals surface area (Å²) in [6.45, 7) is 0.726. The molecule has 4 rings (SSSR count). The molecule has 2 heterocycles. The van der Waals surface area contributed by atoms with Gasteiger partial charge in [0.05, 0.1) is 19.4 Å². The van der Waals surface area contributed by atoms with Crippen molar-refractivity contribution in [2.75, 3.05) is 11.9 Å². The monoisotopic (exact) mass is 377 g/mol. The largest absolute Gasteiger partial charge is 0.468 e. The van der Waals surface area contributed by atoms with E-state index in [1.165, 1.54) is 27.7 Å². The van der Waals surface area contributed by atoms with Gasteiger partial charge in [-0.05, 0) is 28.5 Å². The minimum absolute atomic E-state index is 0.118. The van der Waals surface area contributed by atoms with Crippen molar-refractivity contribution in [2.24, 2.45) is 0 Å². The lowest BCUT2D eigenvalue weighted by molar-refractivity contribution is -0.115. The molecule has 2 aromatic carbocycles. The topological polar surface area (TPSA) is 67.2 Å². The van der Waals surface area contributed by atoms with Gasteiger partial charge in [0.2, 0.25) is 5.91 Å². The Kier molecular flexibility index (Phi) is 5.27. The van der Waals surface area contributed by atoms with Crippen molar-refractivity contribution in [3.63, 3.8) is 0 Å². The molecule has 0 bridgehead atoms. The molecule has 0 spiro atoms. The fourth-order valence-corrected chi connectivity index (χ4v) is 3.81. The summed E-state index contributed by atoms with van der Waals surface area (Å²) in [7, 11) is 0. The minimum Gasteiger partial charge on any atom is -0.468 e. The quantitative estimate of drug-likeness (QED) is 0.506. The Morgan fingerprint density at radius 2 is 1.96 bits per heavy atom. The second kappa shape index (κ2) is 8.16. The molecule has 0 aliphatic carbocycles. The highest BCUT2D eigenvalue weighted by Crippen LogP contribution is 2.25. The Morgan fingerprint density at radius 1 is 1.07 bits per heavy atom. The number of carbonyl (C=O) groups excluding carboxylic acids is 1. The van der Waals surface area contributed by atoms with E-state index >= 15 is 0 Å². The molecule has 0 aliphatic heterocycles. The number of hydrogen-bond donors (Lipinski definition) is 2. The molecule has 0 aliphatic rings. The molecule has 2 N–H and O–H groups in total. The minimum atomic E-state index is -0.118. The van der Waals surface area contributed by atoms with Crippen LogP contribution in [0, 0.1) is 0 Å². The zero-order valence-corrected chi connectivity index (χ0v) is 15.5. The Morgan fingerprint density at radius 3 is 2.85 bits per heavy atom. The van der Waals surface area contributed by atoms with Crippen molar-refractivity contribution in [2.45, 2.75) is 13.0 Å². The van der Waals surface area contributed by atoms with Gasteiger partial charge in [0, 0.05) is 17.5 Å². The van der Waals surface area contributed by atoms with Crippen LogP contribution in [-0.4, -0.2) is 17.4 Å². The average Bonchev–Trinajstić information content (AvgIpc) is 3.34. The van der Waals surface area contributed by atoms with Crippen molar-refractivity contribution in [1.82, 2.24) is 10.3 Å². The molecule has 136 valence electrons. The van der Waals surface area contributed by atoms with Crippen LogP contribution in [0.2, 0.25) is 0 Å². The molecule has 0 fully saturated rings. The van der Waals surface area contributed by atoms with Crippen LogP contribution < -0.4 is 10.6 Å². The number of thiazole rings is 1. The van der Waals surface area contributed by atoms with Crippen LogP contribution in [0.25, 0.3) is 10.8 Å². The highest BCUT2D eigenvalue weighted by atomic mass is 32.1. The Bertz CT molecular complexity index is 1040. The highest BCUT2D eigenvalue weighted by Gasteiger charge is 2.09. The zero-order chi connectivity index (χ0) is 18.5. The van der Waals surface area contributed by atoms with Gasteiger partial charge in [0.15, 0.2) is 5.13 Å². The molecule has 0 saturated heterocycles. The van der Waals surface area contributed by atoms with Crippen LogP contribution in [0.1, 0.15) is 16.2 Å². The van der Waals surface area contributed by atoms with E-state index in [1.54, 1.807) is 6.26 Å². The van der Waals surface area contributed by atoms with Crippen LogP contribution in [0.4, 0.5) is 5.13 Å². The molecule has 2 aromatic heterocycles. The Hall–Kier alpha value is -2.96. The van der Waals surface area contributed by atoms with E-state index in [-0.39, 0.29) is 12.5 Å². The van der Waals surface area contributed by atoms with Gasteiger partial charge in [-0.25, -0.2) is 4.98 Å². The SMILES string of the molecule is O=C(CNCc1ccco1)Nc1ncc(Cc2cccc3ccccc23)s1. The van der Waals surface area contributed by atoms with Gasteiger partial charge in [-0.15, -0.1) is 11.3 Å². The number of carbonyl (C=O) groups is 1. The van der Waals surface area contributed by atoms with E-state index in [1.807, 2.05) is 24.4 Å². The van der Waals surface area contributed by atoms with Crippen LogP contribution in [-0.2, 0) is 17.8 Å². The summed E-state index contributed by atoms with van der Waals surface area (Å²) in [4.78, 5) is 17.5. The third-order valence-corrected chi connectivity index (χ3v) is 5.12. The lowest BCUT2D eigenvalue weighted by Crippen LogP contribution is -2.27. The molecule has 0 atom stereocenters. The summed E-state index contributed by atoms with van der Waals surface area (Å²) in [5, 5.41) is 8.99. The molecule has 6 heteroatoms. The summed E-state index contributed by atoms with van der Waals surface area (Å²) in [6.07, 6.45) is 4.24. The summed E-state index contributed by atoms with van der Waals surface area (Å²) in [6, 6.07) is 18.4. The van der Waals surface area contributed by atoms with Gasteiger partial charge in [0.25, 0.3) is 0 Å².